The highest BCUT2D eigenvalue weighted by Gasteiger charge is 2.52. The Kier molecular flexibility index (Phi) is 8.83. The minimum atomic E-state index is -2.00. The second kappa shape index (κ2) is 12.1. The van der Waals surface area contributed by atoms with Gasteiger partial charge in [0.1, 0.15) is 0 Å². The summed E-state index contributed by atoms with van der Waals surface area (Å²) in [5.74, 6) is 1.36. The molecule has 3 aliphatic carbocycles. The van der Waals surface area contributed by atoms with E-state index in [-0.39, 0.29) is 46.2 Å². The van der Waals surface area contributed by atoms with Crippen molar-refractivity contribution in [1.82, 2.24) is 9.36 Å². The van der Waals surface area contributed by atoms with Gasteiger partial charge in [0.15, 0.2) is 8.32 Å². The Morgan fingerprint density at radius 2 is 1.61 bits per heavy atom. The Morgan fingerprint density at radius 1 is 0.978 bits per heavy atom. The molecule has 1 aliphatic heterocycles. The van der Waals surface area contributed by atoms with E-state index in [4.69, 9.17) is 4.43 Å². The molecule has 7 atom stereocenters. The van der Waals surface area contributed by atoms with Crippen molar-refractivity contribution in [2.75, 3.05) is 0 Å². The van der Waals surface area contributed by atoms with Crippen LogP contribution in [0.3, 0.4) is 0 Å². The van der Waals surface area contributed by atoms with Gasteiger partial charge in [-0.3, -0.25) is 9.59 Å². The number of rotatable bonds is 6. The number of nitrogens with zero attached hydrogens (tertiary/aromatic N) is 2. The second-order valence-electron chi connectivity index (χ2n) is 17.6. The number of aromatic nitrogens is 2. The van der Waals surface area contributed by atoms with Crippen molar-refractivity contribution < 1.29 is 4.43 Å². The van der Waals surface area contributed by atoms with Crippen LogP contribution in [0.5, 0.6) is 0 Å². The summed E-state index contributed by atoms with van der Waals surface area (Å²) in [6, 6.07) is 7.39. The average Bonchev–Trinajstić information content (AvgIpc) is 3.53. The number of allylic oxidation sites excluding steroid dienone is 4. The highest BCUT2D eigenvalue weighted by atomic mass is 28.4. The van der Waals surface area contributed by atoms with E-state index >= 15 is 0 Å². The summed E-state index contributed by atoms with van der Waals surface area (Å²) in [7, 11) is -2.00. The summed E-state index contributed by atoms with van der Waals surface area (Å²) < 4.78 is 11.1. The van der Waals surface area contributed by atoms with Crippen molar-refractivity contribution in [3.8, 4) is 0 Å². The molecule has 0 spiro atoms. The summed E-state index contributed by atoms with van der Waals surface area (Å²) in [5, 5.41) is 1.24. The van der Waals surface area contributed by atoms with E-state index in [2.05, 4.69) is 74.6 Å². The molecule has 0 amide bonds. The van der Waals surface area contributed by atoms with Gasteiger partial charge in [0.05, 0.1) is 22.9 Å². The number of fused-ring (bicyclic) bond motifs is 5. The Labute approximate surface area is 278 Å². The number of hydrogen-bond acceptors (Lipinski definition) is 3. The van der Waals surface area contributed by atoms with Gasteiger partial charge in [-0.05, 0) is 117 Å². The van der Waals surface area contributed by atoms with Crippen LogP contribution < -0.4 is 11.1 Å². The van der Waals surface area contributed by atoms with E-state index in [1.165, 1.54) is 43.3 Å². The summed E-state index contributed by atoms with van der Waals surface area (Å²) in [5.41, 5.74) is 4.79. The van der Waals surface area contributed by atoms with Crippen molar-refractivity contribution in [3.63, 3.8) is 0 Å². The van der Waals surface area contributed by atoms with Crippen LogP contribution >= 0.6 is 0 Å². The Morgan fingerprint density at radius 3 is 2.24 bits per heavy atom. The Hall–Kier alpha value is -2.18. The SMILES string of the molecule is CC(=CC(C)C)C(C)/C(=C1\CCCC2(C)CCCC12)C1C2CC(O[Si](C)(C)C(C)(C)C)CCC2n2c(=O)c3ccccc3c(=O)n21. The first kappa shape index (κ1) is 33.7. The van der Waals surface area contributed by atoms with Crippen molar-refractivity contribution in [2.45, 2.75) is 149 Å². The Bertz CT molecular complexity index is 1670. The van der Waals surface area contributed by atoms with Crippen LogP contribution in [0.15, 0.2) is 56.6 Å². The molecule has 3 fully saturated rings. The molecule has 0 N–H and O–H groups in total. The molecule has 5 nitrogen and oxygen atoms in total. The molecule has 2 aromatic rings. The van der Waals surface area contributed by atoms with E-state index in [0.717, 1.165) is 25.7 Å². The van der Waals surface area contributed by atoms with Crippen LogP contribution in [0.2, 0.25) is 18.1 Å². The van der Waals surface area contributed by atoms with Gasteiger partial charge in [0.2, 0.25) is 0 Å². The molecule has 4 aliphatic rings. The van der Waals surface area contributed by atoms with Crippen molar-refractivity contribution in [3.05, 3.63) is 67.8 Å². The van der Waals surface area contributed by atoms with Gasteiger partial charge in [0, 0.05) is 12.0 Å². The predicted octanol–water partition coefficient (Wildman–Crippen LogP) is 9.97. The fourth-order valence-electron chi connectivity index (χ4n) is 9.87. The maximum Gasteiger partial charge on any atom is 0.273 e. The van der Waals surface area contributed by atoms with Gasteiger partial charge in [-0.25, -0.2) is 9.36 Å². The normalized spacial score (nSPS) is 32.0. The lowest BCUT2D eigenvalue weighted by Gasteiger charge is -2.44. The first-order valence-corrected chi connectivity index (χ1v) is 21.3. The van der Waals surface area contributed by atoms with Crippen LogP contribution in [-0.2, 0) is 4.43 Å². The molecular weight excluding hydrogens is 585 g/mol. The van der Waals surface area contributed by atoms with E-state index < -0.39 is 8.32 Å². The highest BCUT2D eigenvalue weighted by molar-refractivity contribution is 6.74. The zero-order chi connectivity index (χ0) is 33.3. The van der Waals surface area contributed by atoms with Crippen molar-refractivity contribution in [1.29, 1.82) is 0 Å². The molecule has 6 heteroatoms. The third kappa shape index (κ3) is 5.57. The topological polar surface area (TPSA) is 53.2 Å². The molecule has 0 saturated heterocycles. The minimum absolute atomic E-state index is 0.00254. The van der Waals surface area contributed by atoms with Crippen LogP contribution in [0.1, 0.15) is 125 Å². The zero-order valence-electron chi connectivity index (χ0n) is 30.4. The molecular formula is C40H60N2O3Si. The molecule has 6 rings (SSSR count). The first-order valence-electron chi connectivity index (χ1n) is 18.4. The fourth-order valence-corrected chi connectivity index (χ4v) is 11.3. The third-order valence-electron chi connectivity index (χ3n) is 13.2. The monoisotopic (exact) mass is 644 g/mol. The third-order valence-corrected chi connectivity index (χ3v) is 17.8. The number of benzene rings is 1. The van der Waals surface area contributed by atoms with Crippen LogP contribution in [-0.4, -0.2) is 23.8 Å². The van der Waals surface area contributed by atoms with Gasteiger partial charge < -0.3 is 4.43 Å². The van der Waals surface area contributed by atoms with Crippen LogP contribution in [0, 0.1) is 29.1 Å². The zero-order valence-corrected chi connectivity index (χ0v) is 31.4. The quantitative estimate of drug-likeness (QED) is 0.232. The van der Waals surface area contributed by atoms with Gasteiger partial charge in [0.25, 0.3) is 11.1 Å². The van der Waals surface area contributed by atoms with Gasteiger partial charge >= 0.3 is 0 Å². The van der Waals surface area contributed by atoms with Crippen molar-refractivity contribution in [2.24, 2.45) is 29.1 Å². The van der Waals surface area contributed by atoms with Crippen molar-refractivity contribution >= 4 is 19.1 Å². The summed E-state index contributed by atoms with van der Waals surface area (Å²) in [4.78, 5) is 29.2. The van der Waals surface area contributed by atoms with E-state index in [1.54, 1.807) is 5.57 Å². The number of hydrogen-bond donors (Lipinski definition) is 0. The lowest BCUT2D eigenvalue weighted by atomic mass is 9.63. The molecule has 7 unspecified atom stereocenters. The van der Waals surface area contributed by atoms with E-state index in [1.807, 2.05) is 33.6 Å². The summed E-state index contributed by atoms with van der Waals surface area (Å²) in [6.45, 7) is 23.4. The predicted molar refractivity (Wildman–Crippen MR) is 194 cm³/mol. The minimum Gasteiger partial charge on any atom is -0.414 e. The van der Waals surface area contributed by atoms with Crippen LogP contribution in [0.4, 0.5) is 0 Å². The molecule has 252 valence electrons. The standard InChI is InChI=1S/C40H60N2O3Si/c1-25(2)23-26(3)27(4)35(31-17-13-21-40(8)22-14-18-33(31)40)36-32-24-28(45-46(9,10)39(5,6)7)19-20-34(32)41-37(43)29-15-11-12-16-30(29)38(44)42(36)41/h11-12,15-16,23,25,27-28,32-34,36H,13-14,17-22,24H2,1-10H3/b26-23?,35-31-. The van der Waals surface area contributed by atoms with Gasteiger partial charge in [-0.2, -0.15) is 0 Å². The lowest BCUT2D eigenvalue weighted by Crippen LogP contribution is -2.46. The molecule has 0 bridgehead atoms. The average molecular weight is 645 g/mol. The summed E-state index contributed by atoms with van der Waals surface area (Å²) >= 11 is 0. The van der Waals surface area contributed by atoms with Gasteiger partial charge in [-0.15, -0.1) is 0 Å². The summed E-state index contributed by atoms with van der Waals surface area (Å²) in [6.07, 6.45) is 12.7. The highest BCUT2D eigenvalue weighted by Crippen LogP contribution is 2.59. The molecule has 0 radical (unpaired) electrons. The lowest BCUT2D eigenvalue weighted by molar-refractivity contribution is 0.0837. The molecule has 1 aromatic heterocycles. The van der Waals surface area contributed by atoms with E-state index in [9.17, 15) is 9.59 Å². The molecule has 3 saturated carbocycles. The van der Waals surface area contributed by atoms with Crippen LogP contribution in [0.25, 0.3) is 10.8 Å². The largest absolute Gasteiger partial charge is 0.414 e. The fraction of sp³-hybridized carbons (Fsp3) is 0.700. The first-order chi connectivity index (χ1) is 21.6. The van der Waals surface area contributed by atoms with Gasteiger partial charge in [-0.1, -0.05) is 84.2 Å². The Balaban J connectivity index is 1.60. The molecule has 46 heavy (non-hydrogen) atoms. The second-order valence-corrected chi connectivity index (χ2v) is 22.4. The van der Waals surface area contributed by atoms with E-state index in [0.29, 0.717) is 28.0 Å². The maximum absolute atomic E-state index is 14.8. The maximum atomic E-state index is 14.8. The molecule has 1 aromatic carbocycles. The smallest absolute Gasteiger partial charge is 0.273 e. The molecule has 2 heterocycles.